The third kappa shape index (κ3) is 8.64. The summed E-state index contributed by atoms with van der Waals surface area (Å²) in [7, 11) is -7.96. The SMILES string of the molecule is CC(C)C(C=CC=CC=CC=C1N(CCCCS(=O)(=O)O)c2ccc3ccccc3c2C1(C)C)CCS(=O)(=O)O. The zero-order valence-electron chi connectivity index (χ0n) is 23.7. The molecule has 1 atom stereocenters. The van der Waals surface area contributed by atoms with Crippen molar-refractivity contribution in [2.75, 3.05) is 23.0 Å². The van der Waals surface area contributed by atoms with Gasteiger partial charge in [0, 0.05) is 23.3 Å². The zero-order chi connectivity index (χ0) is 29.6. The standard InChI is InChI=1S/C31H41NO6S2/c1-24(2)25(20-23-40(36,37)38)14-8-6-5-7-9-17-29-31(3,4)30-27-16-11-10-15-26(27)18-19-28(30)32(29)21-12-13-22-39(33,34)35/h5-11,14-19,24-25H,12-13,20-23H2,1-4H3,(H,33,34,35)(H,36,37,38). The van der Waals surface area contributed by atoms with E-state index < -0.39 is 20.2 Å². The van der Waals surface area contributed by atoms with E-state index in [0.29, 0.717) is 25.8 Å². The number of fused-ring (bicyclic) bond motifs is 3. The smallest absolute Gasteiger partial charge is 0.264 e. The Morgan fingerprint density at radius 3 is 2.17 bits per heavy atom. The molecule has 0 bridgehead atoms. The Morgan fingerprint density at radius 2 is 1.50 bits per heavy atom. The van der Waals surface area contributed by atoms with Crippen molar-refractivity contribution >= 4 is 36.7 Å². The highest BCUT2D eigenvalue weighted by molar-refractivity contribution is 7.86. The van der Waals surface area contributed by atoms with Gasteiger partial charge in [-0.05, 0) is 59.6 Å². The summed E-state index contributed by atoms with van der Waals surface area (Å²) in [4.78, 5) is 2.25. The van der Waals surface area contributed by atoms with Crippen molar-refractivity contribution in [2.45, 2.75) is 52.4 Å². The van der Waals surface area contributed by atoms with Crippen LogP contribution in [0.1, 0.15) is 52.5 Å². The van der Waals surface area contributed by atoms with E-state index >= 15 is 0 Å². The number of allylic oxidation sites excluding steroid dienone is 8. The second-order valence-electron chi connectivity index (χ2n) is 11.1. The van der Waals surface area contributed by atoms with Crippen LogP contribution >= 0.6 is 0 Å². The molecule has 40 heavy (non-hydrogen) atoms. The highest BCUT2D eigenvalue weighted by Gasteiger charge is 2.40. The average molecular weight is 588 g/mol. The molecule has 0 amide bonds. The first kappa shape index (κ1) is 31.8. The lowest BCUT2D eigenvalue weighted by Gasteiger charge is -2.27. The van der Waals surface area contributed by atoms with Gasteiger partial charge in [-0.25, -0.2) is 0 Å². The van der Waals surface area contributed by atoms with Crippen molar-refractivity contribution in [2.24, 2.45) is 11.8 Å². The van der Waals surface area contributed by atoms with E-state index in [9.17, 15) is 16.8 Å². The van der Waals surface area contributed by atoms with E-state index in [1.165, 1.54) is 16.3 Å². The maximum Gasteiger partial charge on any atom is 0.264 e. The lowest BCUT2D eigenvalue weighted by molar-refractivity contribution is 0.435. The van der Waals surface area contributed by atoms with Crippen molar-refractivity contribution in [1.82, 2.24) is 0 Å². The van der Waals surface area contributed by atoms with Crippen LogP contribution < -0.4 is 4.90 Å². The number of hydrogen-bond acceptors (Lipinski definition) is 5. The van der Waals surface area contributed by atoms with Gasteiger partial charge in [-0.1, -0.05) is 94.5 Å². The molecule has 0 saturated heterocycles. The van der Waals surface area contributed by atoms with Crippen LogP contribution in [0.4, 0.5) is 5.69 Å². The Bertz CT molecular complexity index is 1520. The third-order valence-electron chi connectivity index (χ3n) is 7.41. The largest absolute Gasteiger partial charge is 0.344 e. The molecule has 2 N–H and O–H groups in total. The molecule has 1 heterocycles. The quantitative estimate of drug-likeness (QED) is 0.152. The topological polar surface area (TPSA) is 112 Å². The minimum Gasteiger partial charge on any atom is -0.344 e. The fourth-order valence-corrected chi connectivity index (χ4v) is 6.45. The third-order valence-corrected chi connectivity index (χ3v) is 8.97. The fourth-order valence-electron chi connectivity index (χ4n) is 5.31. The van der Waals surface area contributed by atoms with Gasteiger partial charge in [0.05, 0.1) is 11.5 Å². The highest BCUT2D eigenvalue weighted by Crippen LogP contribution is 2.50. The molecule has 0 radical (unpaired) electrons. The maximum absolute atomic E-state index is 11.2. The van der Waals surface area contributed by atoms with Crippen LogP contribution in [-0.2, 0) is 25.7 Å². The lowest BCUT2D eigenvalue weighted by atomic mass is 9.81. The van der Waals surface area contributed by atoms with Gasteiger partial charge in [-0.2, -0.15) is 16.8 Å². The predicted octanol–water partition coefficient (Wildman–Crippen LogP) is 6.71. The van der Waals surface area contributed by atoms with E-state index in [0.717, 1.165) is 11.4 Å². The zero-order valence-corrected chi connectivity index (χ0v) is 25.3. The molecular weight excluding hydrogens is 546 g/mol. The number of benzene rings is 2. The van der Waals surface area contributed by atoms with E-state index in [1.54, 1.807) is 0 Å². The number of hydrogen-bond donors (Lipinski definition) is 2. The summed E-state index contributed by atoms with van der Waals surface area (Å²) in [6.07, 6.45) is 15.0. The summed E-state index contributed by atoms with van der Waals surface area (Å²) < 4.78 is 62.8. The second-order valence-corrected chi connectivity index (χ2v) is 14.3. The fraction of sp³-hybridized carbons (Fsp3) is 0.419. The number of rotatable bonds is 13. The van der Waals surface area contributed by atoms with Crippen LogP contribution in [-0.4, -0.2) is 44.0 Å². The van der Waals surface area contributed by atoms with Crippen molar-refractivity contribution < 1.29 is 25.9 Å². The Labute approximate surface area is 239 Å². The summed E-state index contributed by atoms with van der Waals surface area (Å²) in [5.41, 5.74) is 3.17. The number of nitrogens with zero attached hydrogens (tertiary/aromatic N) is 1. The van der Waals surface area contributed by atoms with Crippen LogP contribution in [0.15, 0.2) is 84.6 Å². The van der Waals surface area contributed by atoms with Crippen molar-refractivity contribution in [3.05, 3.63) is 90.2 Å². The van der Waals surface area contributed by atoms with Gasteiger partial charge in [0.1, 0.15) is 0 Å². The van der Waals surface area contributed by atoms with Crippen molar-refractivity contribution in [3.8, 4) is 0 Å². The number of anilines is 1. The molecule has 1 aliphatic rings. The van der Waals surface area contributed by atoms with Gasteiger partial charge in [0.25, 0.3) is 20.2 Å². The second kappa shape index (κ2) is 13.3. The molecular formula is C31H41NO6S2. The molecule has 9 heteroatoms. The summed E-state index contributed by atoms with van der Waals surface area (Å²) in [5, 5.41) is 2.36. The van der Waals surface area contributed by atoms with E-state index in [2.05, 4.69) is 49.1 Å². The first-order chi connectivity index (χ1) is 18.7. The monoisotopic (exact) mass is 587 g/mol. The van der Waals surface area contributed by atoms with Gasteiger partial charge in [0.2, 0.25) is 0 Å². The van der Waals surface area contributed by atoms with Crippen molar-refractivity contribution in [1.29, 1.82) is 0 Å². The minimum absolute atomic E-state index is 0.0414. The minimum atomic E-state index is -3.99. The molecule has 3 rings (SSSR count). The van der Waals surface area contributed by atoms with Crippen LogP contribution in [0.25, 0.3) is 10.8 Å². The van der Waals surface area contributed by atoms with Gasteiger partial charge in [-0.15, -0.1) is 0 Å². The maximum atomic E-state index is 11.2. The molecule has 7 nitrogen and oxygen atoms in total. The Hall–Kier alpha value is -2.72. The van der Waals surface area contributed by atoms with Crippen LogP contribution in [0.2, 0.25) is 0 Å². The molecule has 2 aromatic rings. The van der Waals surface area contributed by atoms with Gasteiger partial charge < -0.3 is 4.90 Å². The summed E-state index contributed by atoms with van der Waals surface area (Å²) >= 11 is 0. The highest BCUT2D eigenvalue weighted by atomic mass is 32.2. The first-order valence-corrected chi connectivity index (χ1v) is 16.8. The van der Waals surface area contributed by atoms with Gasteiger partial charge >= 0.3 is 0 Å². The molecule has 218 valence electrons. The molecule has 0 aromatic heterocycles. The van der Waals surface area contributed by atoms with Crippen LogP contribution in [0.5, 0.6) is 0 Å². The molecule has 1 aliphatic heterocycles. The first-order valence-electron chi connectivity index (χ1n) is 13.6. The van der Waals surface area contributed by atoms with E-state index in [-0.39, 0.29) is 28.8 Å². The Morgan fingerprint density at radius 1 is 0.850 bits per heavy atom. The molecule has 0 saturated carbocycles. The van der Waals surface area contributed by atoms with Crippen molar-refractivity contribution in [3.63, 3.8) is 0 Å². The van der Waals surface area contributed by atoms with Gasteiger partial charge in [0.15, 0.2) is 0 Å². The van der Waals surface area contributed by atoms with E-state index in [4.69, 9.17) is 9.11 Å². The summed E-state index contributed by atoms with van der Waals surface area (Å²) in [5.74, 6) is -0.214. The number of unbranched alkanes of at least 4 members (excludes halogenated alkanes) is 1. The lowest BCUT2D eigenvalue weighted by Crippen LogP contribution is -2.27. The Kier molecular flexibility index (Phi) is 10.6. The predicted molar refractivity (Wildman–Crippen MR) is 165 cm³/mol. The summed E-state index contributed by atoms with van der Waals surface area (Å²) in [6, 6.07) is 12.6. The summed E-state index contributed by atoms with van der Waals surface area (Å²) in [6.45, 7) is 9.07. The molecule has 0 spiro atoms. The normalized spacial score (nSPS) is 17.8. The Balaban J connectivity index is 1.81. The molecule has 0 aliphatic carbocycles. The average Bonchev–Trinajstić information content (AvgIpc) is 3.07. The molecule has 0 fully saturated rings. The molecule has 1 unspecified atom stereocenters. The van der Waals surface area contributed by atoms with Gasteiger partial charge in [-0.3, -0.25) is 9.11 Å². The van der Waals surface area contributed by atoms with Crippen LogP contribution in [0.3, 0.4) is 0 Å². The van der Waals surface area contributed by atoms with E-state index in [1.807, 2.05) is 62.4 Å². The molecule has 2 aromatic carbocycles. The van der Waals surface area contributed by atoms with Crippen LogP contribution in [0, 0.1) is 11.8 Å².